The first kappa shape index (κ1) is 14.5. The number of nitrogens with two attached hydrogens (primary N) is 1. The smallest absolute Gasteiger partial charge is 0.317 e. The lowest BCUT2D eigenvalue weighted by atomic mass is 10.0. The molecule has 6 heteroatoms. The molecule has 0 aliphatic carbocycles. The van der Waals surface area contributed by atoms with E-state index in [1.165, 1.54) is 0 Å². The summed E-state index contributed by atoms with van der Waals surface area (Å²) in [6, 6.07) is -0.814. The zero-order valence-electron chi connectivity index (χ0n) is 10.8. The van der Waals surface area contributed by atoms with Gasteiger partial charge in [-0.25, -0.2) is 4.79 Å². The van der Waals surface area contributed by atoms with Crippen LogP contribution in [0.1, 0.15) is 19.3 Å². The van der Waals surface area contributed by atoms with Crippen LogP contribution in [0.2, 0.25) is 0 Å². The third-order valence-corrected chi connectivity index (χ3v) is 3.07. The van der Waals surface area contributed by atoms with Crippen LogP contribution in [-0.4, -0.2) is 49.1 Å². The molecule has 0 aromatic heterocycles. The molecule has 0 bridgehead atoms. The lowest BCUT2D eigenvalue weighted by Gasteiger charge is -2.31. The second-order valence-electron chi connectivity index (χ2n) is 4.47. The van der Waals surface area contributed by atoms with Crippen molar-refractivity contribution in [2.24, 2.45) is 5.73 Å². The zero-order chi connectivity index (χ0) is 13.5. The summed E-state index contributed by atoms with van der Waals surface area (Å²) in [5.74, 6) is -0.197. The van der Waals surface area contributed by atoms with Crippen LogP contribution in [0, 0.1) is 0 Å². The number of hydrogen-bond acceptors (Lipinski definition) is 3. The Morgan fingerprint density at radius 3 is 3.06 bits per heavy atom. The van der Waals surface area contributed by atoms with Crippen LogP contribution in [0.3, 0.4) is 0 Å². The number of allylic oxidation sites excluding steroid dienone is 1. The molecule has 1 saturated heterocycles. The van der Waals surface area contributed by atoms with Crippen molar-refractivity contribution in [3.05, 3.63) is 12.7 Å². The topological polar surface area (TPSA) is 87.5 Å². The summed E-state index contributed by atoms with van der Waals surface area (Å²) < 4.78 is 0. The van der Waals surface area contributed by atoms with Crippen LogP contribution in [-0.2, 0) is 4.79 Å². The van der Waals surface area contributed by atoms with Crippen LogP contribution in [0.4, 0.5) is 4.79 Å². The van der Waals surface area contributed by atoms with E-state index < -0.39 is 6.04 Å². The molecule has 0 saturated carbocycles. The number of hydrogen-bond donors (Lipinski definition) is 3. The van der Waals surface area contributed by atoms with Crippen molar-refractivity contribution < 1.29 is 9.59 Å². The maximum atomic E-state index is 11.8. The normalized spacial score (nSPS) is 24.8. The predicted octanol–water partition coefficient (Wildman–Crippen LogP) is -0.190. The van der Waals surface area contributed by atoms with Gasteiger partial charge in [0.2, 0.25) is 5.91 Å². The molecular weight excluding hydrogens is 232 g/mol. The van der Waals surface area contributed by atoms with Crippen molar-refractivity contribution >= 4 is 11.9 Å². The maximum Gasteiger partial charge on any atom is 0.317 e. The Morgan fingerprint density at radius 2 is 2.44 bits per heavy atom. The number of carbonyl (C=O) groups excluding carboxylic acids is 2. The Morgan fingerprint density at radius 1 is 1.72 bits per heavy atom. The highest BCUT2D eigenvalue weighted by molar-refractivity contribution is 5.83. The fraction of sp³-hybridized carbons (Fsp3) is 0.667. The Bertz CT molecular complexity index is 319. The van der Waals surface area contributed by atoms with Gasteiger partial charge in [0.05, 0.1) is 0 Å². The summed E-state index contributed by atoms with van der Waals surface area (Å²) in [4.78, 5) is 25.0. The van der Waals surface area contributed by atoms with Gasteiger partial charge in [-0.1, -0.05) is 6.08 Å². The third-order valence-electron chi connectivity index (χ3n) is 3.07. The van der Waals surface area contributed by atoms with E-state index in [0.717, 1.165) is 19.3 Å². The van der Waals surface area contributed by atoms with Gasteiger partial charge in [0, 0.05) is 26.2 Å². The number of nitrogens with zero attached hydrogens (tertiary/aromatic N) is 1. The molecule has 3 amide bonds. The molecule has 6 nitrogen and oxygen atoms in total. The lowest BCUT2D eigenvalue weighted by Crippen LogP contribution is -2.56. The molecule has 0 radical (unpaired) electrons. The van der Waals surface area contributed by atoms with Gasteiger partial charge in [-0.05, 0) is 19.3 Å². The Hall–Kier alpha value is -1.56. The fourth-order valence-electron chi connectivity index (χ4n) is 1.98. The second-order valence-corrected chi connectivity index (χ2v) is 4.47. The average molecular weight is 254 g/mol. The van der Waals surface area contributed by atoms with E-state index in [1.54, 1.807) is 11.9 Å². The number of urea groups is 1. The maximum absolute atomic E-state index is 11.8. The van der Waals surface area contributed by atoms with Crippen LogP contribution in [0.15, 0.2) is 12.7 Å². The second kappa shape index (κ2) is 7.00. The number of amides is 3. The van der Waals surface area contributed by atoms with Crippen molar-refractivity contribution in [3.63, 3.8) is 0 Å². The van der Waals surface area contributed by atoms with E-state index in [1.807, 2.05) is 6.08 Å². The SMILES string of the molecule is C=CCC[C@@H]1CCN(C(=O)NC)C[C@H](N)C(=O)N1. The van der Waals surface area contributed by atoms with Crippen LogP contribution in [0.5, 0.6) is 0 Å². The van der Waals surface area contributed by atoms with E-state index in [0.29, 0.717) is 6.54 Å². The first-order valence-corrected chi connectivity index (χ1v) is 6.22. The van der Waals surface area contributed by atoms with E-state index in [-0.39, 0.29) is 24.5 Å². The predicted molar refractivity (Wildman–Crippen MR) is 70.0 cm³/mol. The molecule has 1 aliphatic heterocycles. The van der Waals surface area contributed by atoms with E-state index in [9.17, 15) is 9.59 Å². The summed E-state index contributed by atoms with van der Waals surface area (Å²) in [7, 11) is 1.57. The monoisotopic (exact) mass is 254 g/mol. The molecule has 1 heterocycles. The first-order valence-electron chi connectivity index (χ1n) is 6.22. The molecule has 0 unspecified atom stereocenters. The third kappa shape index (κ3) is 4.03. The highest BCUT2D eigenvalue weighted by atomic mass is 16.2. The number of nitrogens with one attached hydrogen (secondary N) is 2. The molecular formula is C12H22N4O2. The molecule has 0 spiro atoms. The van der Waals surface area contributed by atoms with Gasteiger partial charge in [-0.2, -0.15) is 0 Å². The molecule has 1 fully saturated rings. The minimum Gasteiger partial charge on any atom is -0.352 e. The standard InChI is InChI=1S/C12H22N4O2/c1-3-4-5-9-6-7-16(12(18)14-2)8-10(13)11(17)15-9/h3,9-10H,1,4-8,13H2,2H3,(H,14,18)(H,15,17)/t9-,10+/m1/s1. The Labute approximate surface area is 108 Å². The highest BCUT2D eigenvalue weighted by Gasteiger charge is 2.26. The van der Waals surface area contributed by atoms with Gasteiger partial charge in [0.15, 0.2) is 0 Å². The molecule has 102 valence electrons. The van der Waals surface area contributed by atoms with Crippen molar-refractivity contribution in [2.75, 3.05) is 20.1 Å². The molecule has 0 aromatic rings. The van der Waals surface area contributed by atoms with Crippen molar-refractivity contribution in [3.8, 4) is 0 Å². The number of carbonyl (C=O) groups is 2. The molecule has 0 aromatic carbocycles. The van der Waals surface area contributed by atoms with Gasteiger partial charge in [-0.15, -0.1) is 6.58 Å². The Balaban J connectivity index is 2.66. The van der Waals surface area contributed by atoms with Crippen molar-refractivity contribution in [2.45, 2.75) is 31.3 Å². The molecule has 1 aliphatic rings. The summed E-state index contributed by atoms with van der Waals surface area (Å²) >= 11 is 0. The molecule has 18 heavy (non-hydrogen) atoms. The molecule has 1 rings (SSSR count). The largest absolute Gasteiger partial charge is 0.352 e. The van der Waals surface area contributed by atoms with Crippen LogP contribution >= 0.6 is 0 Å². The Kier molecular flexibility index (Phi) is 5.64. The summed E-state index contributed by atoms with van der Waals surface area (Å²) in [6.07, 6.45) is 4.21. The summed E-state index contributed by atoms with van der Waals surface area (Å²) in [5, 5.41) is 5.47. The lowest BCUT2D eigenvalue weighted by molar-refractivity contribution is -0.123. The van der Waals surface area contributed by atoms with Gasteiger partial charge < -0.3 is 21.3 Å². The first-order chi connectivity index (χ1) is 8.58. The van der Waals surface area contributed by atoms with Gasteiger partial charge in [0.25, 0.3) is 0 Å². The van der Waals surface area contributed by atoms with E-state index in [2.05, 4.69) is 17.2 Å². The van der Waals surface area contributed by atoms with Gasteiger partial charge in [0.1, 0.15) is 6.04 Å². The molecule has 4 N–H and O–H groups in total. The minimum atomic E-state index is -0.672. The van der Waals surface area contributed by atoms with E-state index in [4.69, 9.17) is 5.73 Å². The quantitative estimate of drug-likeness (QED) is 0.610. The van der Waals surface area contributed by atoms with Crippen LogP contribution in [0.25, 0.3) is 0 Å². The summed E-state index contributed by atoms with van der Waals surface area (Å²) in [6.45, 7) is 4.51. The molecule has 2 atom stereocenters. The average Bonchev–Trinajstić information content (AvgIpc) is 2.36. The van der Waals surface area contributed by atoms with Crippen molar-refractivity contribution in [1.29, 1.82) is 0 Å². The zero-order valence-corrected chi connectivity index (χ0v) is 10.8. The number of rotatable bonds is 3. The fourth-order valence-corrected chi connectivity index (χ4v) is 1.98. The van der Waals surface area contributed by atoms with Gasteiger partial charge >= 0.3 is 6.03 Å². The van der Waals surface area contributed by atoms with Gasteiger partial charge in [-0.3, -0.25) is 4.79 Å². The van der Waals surface area contributed by atoms with E-state index >= 15 is 0 Å². The minimum absolute atomic E-state index is 0.0500. The summed E-state index contributed by atoms with van der Waals surface area (Å²) in [5.41, 5.74) is 5.77. The van der Waals surface area contributed by atoms with Crippen molar-refractivity contribution in [1.82, 2.24) is 15.5 Å². The van der Waals surface area contributed by atoms with Crippen LogP contribution < -0.4 is 16.4 Å². The highest BCUT2D eigenvalue weighted by Crippen LogP contribution is 2.08.